The van der Waals surface area contributed by atoms with Crippen LogP contribution < -0.4 is 5.56 Å². The molecule has 4 rings (SSSR count). The second kappa shape index (κ2) is 8.19. The van der Waals surface area contributed by atoms with Gasteiger partial charge in [0.2, 0.25) is 0 Å². The Morgan fingerprint density at radius 2 is 2.03 bits per heavy atom. The molecule has 0 radical (unpaired) electrons. The third kappa shape index (κ3) is 3.55. The van der Waals surface area contributed by atoms with Crippen LogP contribution in [0.3, 0.4) is 0 Å². The highest BCUT2D eigenvalue weighted by atomic mass is 32.2. The lowest BCUT2D eigenvalue weighted by Crippen LogP contribution is -2.39. The van der Waals surface area contributed by atoms with Crippen molar-refractivity contribution in [3.63, 3.8) is 0 Å². The van der Waals surface area contributed by atoms with Crippen LogP contribution >= 0.6 is 11.8 Å². The molecule has 0 aliphatic heterocycles. The first kappa shape index (κ1) is 20.0. The number of hydrogen-bond acceptors (Lipinski definition) is 3. The third-order valence-corrected chi connectivity index (χ3v) is 7.39. The van der Waals surface area contributed by atoms with E-state index >= 15 is 0 Å². The van der Waals surface area contributed by atoms with Crippen LogP contribution in [-0.2, 0) is 18.9 Å². The Bertz CT molecular complexity index is 1040. The number of hydrogen-bond donors (Lipinski definition) is 0. The predicted octanol–water partition coefficient (Wildman–Crippen LogP) is 5.60. The fourth-order valence-corrected chi connectivity index (χ4v) is 5.84. The summed E-state index contributed by atoms with van der Waals surface area (Å²) in [4.78, 5) is 18.6. The third-order valence-electron chi connectivity index (χ3n) is 6.36. The number of aromatic nitrogens is 2. The van der Waals surface area contributed by atoms with Gasteiger partial charge in [0.15, 0.2) is 5.16 Å². The van der Waals surface area contributed by atoms with Crippen LogP contribution in [0, 0.1) is 0 Å². The zero-order valence-electron chi connectivity index (χ0n) is 17.1. The lowest BCUT2D eigenvalue weighted by molar-refractivity contribution is 0.419. The van der Waals surface area contributed by atoms with Gasteiger partial charge in [0, 0.05) is 23.8 Å². The molecule has 0 amide bonds. The molecule has 1 aromatic carbocycles. The molecule has 0 unspecified atom stereocenters. The summed E-state index contributed by atoms with van der Waals surface area (Å²) in [5.74, 6) is 0.845. The van der Waals surface area contributed by atoms with E-state index in [0.717, 1.165) is 59.0 Å². The molecule has 0 bridgehead atoms. The second-order valence-electron chi connectivity index (χ2n) is 8.08. The van der Waals surface area contributed by atoms with E-state index in [2.05, 4.69) is 37.4 Å². The van der Waals surface area contributed by atoms with Crippen molar-refractivity contribution in [2.75, 3.05) is 5.75 Å². The number of allylic oxidation sites excluding steroid dienone is 4. The molecule has 29 heavy (non-hydrogen) atoms. The van der Waals surface area contributed by atoms with Gasteiger partial charge >= 0.3 is 0 Å². The minimum Gasteiger partial charge on any atom is -0.290 e. The normalized spacial score (nSPS) is 17.1. The van der Waals surface area contributed by atoms with Crippen LogP contribution in [0.1, 0.15) is 43.2 Å². The molecular weight excluding hydrogens is 376 g/mol. The summed E-state index contributed by atoms with van der Waals surface area (Å²) < 4.78 is 1.77. The van der Waals surface area contributed by atoms with E-state index in [4.69, 9.17) is 4.98 Å². The van der Waals surface area contributed by atoms with Crippen molar-refractivity contribution in [1.82, 2.24) is 9.55 Å². The maximum Gasteiger partial charge on any atom is 0.258 e. The molecule has 0 saturated heterocycles. The molecule has 2 aliphatic carbocycles. The van der Waals surface area contributed by atoms with Crippen LogP contribution in [0.15, 0.2) is 71.2 Å². The first-order chi connectivity index (χ1) is 14.1. The molecule has 1 saturated carbocycles. The summed E-state index contributed by atoms with van der Waals surface area (Å²) >= 11 is 1.64. The van der Waals surface area contributed by atoms with Gasteiger partial charge in [-0.2, -0.15) is 0 Å². The van der Waals surface area contributed by atoms with Crippen LogP contribution in [0.4, 0.5) is 0 Å². The zero-order valence-corrected chi connectivity index (χ0v) is 17.9. The Morgan fingerprint density at radius 1 is 1.28 bits per heavy atom. The lowest BCUT2D eigenvalue weighted by Gasteiger charge is -2.36. The van der Waals surface area contributed by atoms with Crippen LogP contribution in [0.2, 0.25) is 0 Å². The number of thioether (sulfide) groups is 1. The predicted molar refractivity (Wildman–Crippen MR) is 123 cm³/mol. The topological polar surface area (TPSA) is 34.9 Å². The summed E-state index contributed by atoms with van der Waals surface area (Å²) in [7, 11) is 1.87. The Balaban J connectivity index is 1.76. The molecule has 1 fully saturated rings. The van der Waals surface area contributed by atoms with Crippen LogP contribution in [-0.4, -0.2) is 15.3 Å². The van der Waals surface area contributed by atoms with Gasteiger partial charge in [-0.25, -0.2) is 4.98 Å². The maximum absolute atomic E-state index is 13.5. The largest absolute Gasteiger partial charge is 0.290 e. The van der Waals surface area contributed by atoms with Gasteiger partial charge in [-0.05, 0) is 36.8 Å². The highest BCUT2D eigenvalue weighted by Gasteiger charge is 2.44. The van der Waals surface area contributed by atoms with Crippen molar-refractivity contribution in [2.45, 2.75) is 49.1 Å². The van der Waals surface area contributed by atoms with Gasteiger partial charge in [-0.1, -0.05) is 80.3 Å². The monoisotopic (exact) mass is 404 g/mol. The Kier molecular flexibility index (Phi) is 5.64. The number of rotatable bonds is 6. The van der Waals surface area contributed by atoms with E-state index in [1.54, 1.807) is 22.4 Å². The molecule has 2 aliphatic rings. The number of benzene rings is 1. The van der Waals surface area contributed by atoms with Crippen molar-refractivity contribution in [1.29, 1.82) is 0 Å². The molecule has 150 valence electrons. The van der Waals surface area contributed by atoms with Crippen molar-refractivity contribution in [3.05, 3.63) is 82.7 Å². The molecule has 1 spiro atoms. The molecule has 0 atom stereocenters. The molecule has 0 N–H and O–H groups in total. The molecule has 3 nitrogen and oxygen atoms in total. The van der Waals surface area contributed by atoms with Gasteiger partial charge in [0.1, 0.15) is 0 Å². The van der Waals surface area contributed by atoms with E-state index < -0.39 is 0 Å². The van der Waals surface area contributed by atoms with Crippen molar-refractivity contribution < 1.29 is 0 Å². The minimum absolute atomic E-state index is 0.0303. The standard InChI is InChI=1S/C25H28N2OS/c1-4-10-18(5-2)13-16-29-24-26-22-20-12-7-6-11-19(20)17-25(14-8-9-15-25)21(22)23(28)27(24)3/h4-7,10-12H,1-2,8-9,13-17H2,3H3/b18-10+. The summed E-state index contributed by atoms with van der Waals surface area (Å²) in [5.41, 5.74) is 5.60. The number of fused-ring (bicyclic) bond motifs is 4. The van der Waals surface area contributed by atoms with E-state index in [-0.39, 0.29) is 11.0 Å². The first-order valence-corrected chi connectivity index (χ1v) is 11.3. The Morgan fingerprint density at radius 3 is 2.76 bits per heavy atom. The van der Waals surface area contributed by atoms with Crippen molar-refractivity contribution >= 4 is 11.8 Å². The maximum atomic E-state index is 13.5. The summed E-state index contributed by atoms with van der Waals surface area (Å²) in [6, 6.07) is 8.49. The molecule has 2 aromatic rings. The van der Waals surface area contributed by atoms with Crippen LogP contribution in [0.25, 0.3) is 11.3 Å². The van der Waals surface area contributed by atoms with Crippen molar-refractivity contribution in [2.24, 2.45) is 7.05 Å². The van der Waals surface area contributed by atoms with Crippen molar-refractivity contribution in [3.8, 4) is 11.3 Å². The molecular formula is C25H28N2OS. The molecule has 4 heteroatoms. The molecule has 1 heterocycles. The average Bonchev–Trinajstić information content (AvgIpc) is 3.19. The Hall–Kier alpha value is -2.33. The quantitative estimate of drug-likeness (QED) is 0.357. The van der Waals surface area contributed by atoms with Gasteiger partial charge in [-0.15, -0.1) is 0 Å². The fourth-order valence-electron chi connectivity index (χ4n) is 4.89. The van der Waals surface area contributed by atoms with E-state index in [1.165, 1.54) is 18.4 Å². The van der Waals surface area contributed by atoms with Gasteiger partial charge in [-0.3, -0.25) is 9.36 Å². The second-order valence-corrected chi connectivity index (χ2v) is 9.15. The fraction of sp³-hybridized carbons (Fsp3) is 0.360. The average molecular weight is 405 g/mol. The zero-order chi connectivity index (χ0) is 20.4. The highest BCUT2D eigenvalue weighted by molar-refractivity contribution is 7.99. The lowest BCUT2D eigenvalue weighted by atomic mass is 9.68. The summed E-state index contributed by atoms with van der Waals surface area (Å²) in [6.45, 7) is 7.62. The van der Waals surface area contributed by atoms with E-state index in [1.807, 2.05) is 19.2 Å². The summed E-state index contributed by atoms with van der Waals surface area (Å²) in [5, 5.41) is 0.792. The SMILES string of the molecule is C=C/C=C(\C=C)CCSc1nc2c(c(=O)n1C)C1(CCCC1)Cc1ccccc1-2. The Labute approximate surface area is 177 Å². The van der Waals surface area contributed by atoms with E-state index in [9.17, 15) is 4.79 Å². The van der Waals surface area contributed by atoms with Crippen LogP contribution in [0.5, 0.6) is 0 Å². The van der Waals surface area contributed by atoms with Gasteiger partial charge in [0.25, 0.3) is 5.56 Å². The van der Waals surface area contributed by atoms with Gasteiger partial charge in [0.05, 0.1) is 11.3 Å². The smallest absolute Gasteiger partial charge is 0.258 e. The first-order valence-electron chi connectivity index (χ1n) is 10.4. The highest BCUT2D eigenvalue weighted by Crippen LogP contribution is 2.49. The van der Waals surface area contributed by atoms with Gasteiger partial charge < -0.3 is 0 Å². The summed E-state index contributed by atoms with van der Waals surface area (Å²) in [6.07, 6.45) is 12.0. The van der Waals surface area contributed by atoms with E-state index in [0.29, 0.717) is 0 Å². The molecule has 1 aromatic heterocycles. The minimum atomic E-state index is -0.0303. The number of nitrogens with zero attached hydrogens (tertiary/aromatic N) is 2.